The Morgan fingerprint density at radius 1 is 1.12 bits per heavy atom. The summed E-state index contributed by atoms with van der Waals surface area (Å²) >= 11 is 0. The zero-order valence-corrected chi connectivity index (χ0v) is 9.68. The van der Waals surface area contributed by atoms with Crippen LogP contribution in [-0.2, 0) is 0 Å². The molecular weight excluding hydrogens is 194 g/mol. The molecule has 0 heterocycles. The van der Waals surface area contributed by atoms with Crippen molar-refractivity contribution in [2.24, 2.45) is 0 Å². The van der Waals surface area contributed by atoms with E-state index in [1.807, 2.05) is 12.2 Å². The second-order valence-electron chi connectivity index (χ2n) is 4.35. The van der Waals surface area contributed by atoms with Crippen molar-refractivity contribution in [1.29, 1.82) is 0 Å². The molecule has 1 fully saturated rings. The van der Waals surface area contributed by atoms with Crippen LogP contribution in [0.2, 0.25) is 0 Å². The van der Waals surface area contributed by atoms with Gasteiger partial charge in [0.25, 0.3) is 0 Å². The molecule has 84 valence electrons. The van der Waals surface area contributed by atoms with E-state index in [0.717, 1.165) is 13.1 Å². The van der Waals surface area contributed by atoms with Gasteiger partial charge in [0.05, 0.1) is 0 Å². The SMILES string of the molecule is C=CCN(CC=C)C1CC1c1ccccc1. The zero-order valence-electron chi connectivity index (χ0n) is 9.68. The average molecular weight is 213 g/mol. The van der Waals surface area contributed by atoms with E-state index in [0.29, 0.717) is 12.0 Å². The van der Waals surface area contributed by atoms with E-state index in [9.17, 15) is 0 Å². The van der Waals surface area contributed by atoms with Crippen molar-refractivity contribution >= 4 is 0 Å². The summed E-state index contributed by atoms with van der Waals surface area (Å²) in [5.74, 6) is 0.709. The average Bonchev–Trinajstić information content (AvgIpc) is 3.10. The van der Waals surface area contributed by atoms with Crippen molar-refractivity contribution in [2.45, 2.75) is 18.4 Å². The fraction of sp³-hybridized carbons (Fsp3) is 0.333. The van der Waals surface area contributed by atoms with E-state index in [1.54, 1.807) is 0 Å². The van der Waals surface area contributed by atoms with Crippen LogP contribution in [0.15, 0.2) is 55.6 Å². The highest BCUT2D eigenvalue weighted by Gasteiger charge is 2.41. The van der Waals surface area contributed by atoms with Gasteiger partial charge in [-0.05, 0) is 12.0 Å². The minimum Gasteiger partial charge on any atom is -0.292 e. The quantitative estimate of drug-likeness (QED) is 0.656. The molecule has 1 aromatic rings. The zero-order chi connectivity index (χ0) is 11.4. The fourth-order valence-electron chi connectivity index (χ4n) is 2.32. The molecule has 2 rings (SSSR count). The van der Waals surface area contributed by atoms with Gasteiger partial charge in [-0.15, -0.1) is 13.2 Å². The van der Waals surface area contributed by atoms with Crippen LogP contribution in [0.5, 0.6) is 0 Å². The van der Waals surface area contributed by atoms with Crippen molar-refractivity contribution < 1.29 is 0 Å². The number of hydrogen-bond acceptors (Lipinski definition) is 1. The normalized spacial score (nSPS) is 23.1. The van der Waals surface area contributed by atoms with Gasteiger partial charge in [0.1, 0.15) is 0 Å². The minimum atomic E-state index is 0.679. The topological polar surface area (TPSA) is 3.24 Å². The number of rotatable bonds is 6. The molecule has 0 aromatic heterocycles. The lowest BCUT2D eigenvalue weighted by Crippen LogP contribution is -2.27. The Hall–Kier alpha value is -1.34. The predicted octanol–water partition coefficient (Wildman–Crippen LogP) is 3.22. The summed E-state index contributed by atoms with van der Waals surface area (Å²) in [7, 11) is 0. The second-order valence-corrected chi connectivity index (χ2v) is 4.35. The summed E-state index contributed by atoms with van der Waals surface area (Å²) in [6, 6.07) is 11.5. The van der Waals surface area contributed by atoms with Crippen LogP contribution in [0.1, 0.15) is 17.9 Å². The Bertz CT molecular complexity index is 345. The molecule has 16 heavy (non-hydrogen) atoms. The molecule has 1 heteroatoms. The van der Waals surface area contributed by atoms with Crippen molar-refractivity contribution in [3.63, 3.8) is 0 Å². The summed E-state index contributed by atoms with van der Waals surface area (Å²) in [6.07, 6.45) is 5.22. The maximum absolute atomic E-state index is 3.81. The molecule has 0 bridgehead atoms. The van der Waals surface area contributed by atoms with Crippen molar-refractivity contribution in [2.75, 3.05) is 13.1 Å². The summed E-state index contributed by atoms with van der Waals surface area (Å²) < 4.78 is 0. The molecule has 0 spiro atoms. The summed E-state index contributed by atoms with van der Waals surface area (Å²) in [5.41, 5.74) is 1.46. The molecule has 1 aliphatic carbocycles. The fourth-order valence-corrected chi connectivity index (χ4v) is 2.32. The maximum Gasteiger partial charge on any atom is 0.0178 e. The van der Waals surface area contributed by atoms with E-state index in [2.05, 4.69) is 48.4 Å². The van der Waals surface area contributed by atoms with Gasteiger partial charge in [0.15, 0.2) is 0 Å². The molecule has 0 N–H and O–H groups in total. The molecule has 0 aliphatic heterocycles. The van der Waals surface area contributed by atoms with Crippen LogP contribution in [0.3, 0.4) is 0 Å². The number of hydrogen-bond donors (Lipinski definition) is 0. The number of benzene rings is 1. The first-order chi connectivity index (χ1) is 7.86. The highest BCUT2D eigenvalue weighted by molar-refractivity contribution is 5.28. The Morgan fingerprint density at radius 3 is 2.31 bits per heavy atom. The van der Waals surface area contributed by atoms with E-state index in [-0.39, 0.29) is 0 Å². The maximum atomic E-state index is 3.81. The molecule has 2 atom stereocenters. The van der Waals surface area contributed by atoms with Gasteiger partial charge in [-0.2, -0.15) is 0 Å². The van der Waals surface area contributed by atoms with Gasteiger partial charge in [-0.1, -0.05) is 42.5 Å². The van der Waals surface area contributed by atoms with Crippen molar-refractivity contribution in [1.82, 2.24) is 4.90 Å². The molecule has 0 radical (unpaired) electrons. The third-order valence-electron chi connectivity index (χ3n) is 3.18. The monoisotopic (exact) mass is 213 g/mol. The first-order valence-electron chi connectivity index (χ1n) is 5.87. The standard InChI is InChI=1S/C15H19N/c1-3-10-16(11-4-2)15-12-14(15)13-8-6-5-7-9-13/h3-9,14-15H,1-2,10-12H2. The van der Waals surface area contributed by atoms with Gasteiger partial charge >= 0.3 is 0 Å². The predicted molar refractivity (Wildman–Crippen MR) is 69.6 cm³/mol. The third-order valence-corrected chi connectivity index (χ3v) is 3.18. The Labute approximate surface area is 98.1 Å². The Balaban J connectivity index is 1.98. The molecule has 1 aromatic carbocycles. The molecule has 2 unspecified atom stereocenters. The van der Waals surface area contributed by atoms with E-state index >= 15 is 0 Å². The highest BCUT2D eigenvalue weighted by Crippen LogP contribution is 2.44. The summed E-state index contributed by atoms with van der Waals surface area (Å²) in [4.78, 5) is 2.44. The van der Waals surface area contributed by atoms with E-state index in [1.165, 1.54) is 12.0 Å². The minimum absolute atomic E-state index is 0.679. The van der Waals surface area contributed by atoms with Crippen LogP contribution in [-0.4, -0.2) is 24.0 Å². The van der Waals surface area contributed by atoms with Gasteiger partial charge < -0.3 is 0 Å². The van der Waals surface area contributed by atoms with Crippen LogP contribution < -0.4 is 0 Å². The van der Waals surface area contributed by atoms with E-state index in [4.69, 9.17) is 0 Å². The van der Waals surface area contributed by atoms with Gasteiger partial charge in [-0.25, -0.2) is 0 Å². The smallest absolute Gasteiger partial charge is 0.0178 e. The molecule has 1 saturated carbocycles. The van der Waals surface area contributed by atoms with Crippen LogP contribution in [0, 0.1) is 0 Å². The second kappa shape index (κ2) is 5.13. The van der Waals surface area contributed by atoms with Crippen LogP contribution >= 0.6 is 0 Å². The Kier molecular flexibility index (Phi) is 3.58. The lowest BCUT2D eigenvalue weighted by molar-refractivity contribution is 0.319. The van der Waals surface area contributed by atoms with Gasteiger partial charge in [0.2, 0.25) is 0 Å². The summed E-state index contributed by atoms with van der Waals surface area (Å²) in [6.45, 7) is 9.55. The summed E-state index contributed by atoms with van der Waals surface area (Å²) in [5, 5.41) is 0. The lowest BCUT2D eigenvalue weighted by Gasteiger charge is -2.18. The Morgan fingerprint density at radius 2 is 1.75 bits per heavy atom. The molecule has 0 saturated heterocycles. The van der Waals surface area contributed by atoms with Gasteiger partial charge in [-0.3, -0.25) is 4.90 Å². The van der Waals surface area contributed by atoms with Crippen molar-refractivity contribution in [3.8, 4) is 0 Å². The lowest BCUT2D eigenvalue weighted by atomic mass is 10.1. The highest BCUT2D eigenvalue weighted by atomic mass is 15.2. The van der Waals surface area contributed by atoms with E-state index < -0.39 is 0 Å². The first kappa shape index (κ1) is 11.2. The van der Waals surface area contributed by atoms with Gasteiger partial charge in [0, 0.05) is 25.0 Å². The van der Waals surface area contributed by atoms with Crippen molar-refractivity contribution in [3.05, 3.63) is 61.2 Å². The molecular formula is C15H19N. The first-order valence-corrected chi connectivity index (χ1v) is 5.87. The number of nitrogens with zero attached hydrogens (tertiary/aromatic N) is 1. The van der Waals surface area contributed by atoms with Crippen LogP contribution in [0.4, 0.5) is 0 Å². The van der Waals surface area contributed by atoms with Crippen LogP contribution in [0.25, 0.3) is 0 Å². The molecule has 1 aliphatic rings. The molecule has 1 nitrogen and oxygen atoms in total. The molecule has 0 amide bonds. The largest absolute Gasteiger partial charge is 0.292 e. The third kappa shape index (κ3) is 2.42.